The van der Waals surface area contributed by atoms with Gasteiger partial charge in [0.1, 0.15) is 5.58 Å². The molecule has 0 aliphatic carbocycles. The Kier molecular flexibility index (Phi) is 5.80. The number of carbonyl (C=O) groups excluding carboxylic acids is 2. The molecule has 0 radical (unpaired) electrons. The van der Waals surface area contributed by atoms with Gasteiger partial charge in [-0.3, -0.25) is 9.59 Å². The number of esters is 1. The Morgan fingerprint density at radius 1 is 1.18 bits per heavy atom. The van der Waals surface area contributed by atoms with Gasteiger partial charge in [0.05, 0.1) is 11.4 Å². The smallest absolute Gasteiger partial charge is 0.374 e. The van der Waals surface area contributed by atoms with Crippen molar-refractivity contribution in [3.8, 4) is 0 Å². The standard InChI is InChI=1S/C21H18ClNO5/c1-12-7-8-18-15(9-12)17(24)10-19(28-18)21(26)27-11-20(25)23-13(2)14-5-3-4-6-16(14)22/h3-10,13H,11H2,1-2H3,(H,23,25)/t13-/m1/s1. The minimum Gasteiger partial charge on any atom is -0.450 e. The first-order valence-corrected chi connectivity index (χ1v) is 8.98. The van der Waals surface area contributed by atoms with Crippen molar-refractivity contribution >= 4 is 34.4 Å². The Morgan fingerprint density at radius 2 is 1.93 bits per heavy atom. The maximum atomic E-state index is 12.2. The summed E-state index contributed by atoms with van der Waals surface area (Å²) in [7, 11) is 0. The van der Waals surface area contributed by atoms with Crippen LogP contribution in [0.4, 0.5) is 0 Å². The number of benzene rings is 2. The molecule has 1 aromatic heterocycles. The summed E-state index contributed by atoms with van der Waals surface area (Å²) in [5.74, 6) is -1.65. The summed E-state index contributed by atoms with van der Waals surface area (Å²) in [6.45, 7) is 3.11. The zero-order valence-corrected chi connectivity index (χ0v) is 16.1. The van der Waals surface area contributed by atoms with Gasteiger partial charge in [0, 0.05) is 11.1 Å². The van der Waals surface area contributed by atoms with Crippen molar-refractivity contribution in [2.45, 2.75) is 19.9 Å². The monoisotopic (exact) mass is 399 g/mol. The summed E-state index contributed by atoms with van der Waals surface area (Å²) in [6, 6.07) is 12.9. The Bertz CT molecular complexity index is 1110. The van der Waals surface area contributed by atoms with Crippen LogP contribution >= 0.6 is 11.6 Å². The van der Waals surface area contributed by atoms with Crippen LogP contribution in [-0.4, -0.2) is 18.5 Å². The van der Waals surface area contributed by atoms with E-state index in [-0.39, 0.29) is 22.8 Å². The van der Waals surface area contributed by atoms with Gasteiger partial charge in [-0.05, 0) is 37.6 Å². The number of rotatable bonds is 5. The average Bonchev–Trinajstić information content (AvgIpc) is 2.66. The zero-order valence-electron chi connectivity index (χ0n) is 15.3. The lowest BCUT2D eigenvalue weighted by Crippen LogP contribution is -2.31. The minimum atomic E-state index is -0.889. The number of hydrogen-bond donors (Lipinski definition) is 1. The van der Waals surface area contributed by atoms with Gasteiger partial charge in [0.25, 0.3) is 5.91 Å². The molecule has 0 bridgehead atoms. The first-order chi connectivity index (χ1) is 13.3. The molecule has 0 fully saturated rings. The summed E-state index contributed by atoms with van der Waals surface area (Å²) < 4.78 is 10.4. The summed E-state index contributed by atoms with van der Waals surface area (Å²) in [5.41, 5.74) is 1.58. The molecule has 3 aromatic rings. The molecule has 2 aromatic carbocycles. The number of nitrogens with one attached hydrogen (secondary N) is 1. The highest BCUT2D eigenvalue weighted by molar-refractivity contribution is 6.31. The van der Waals surface area contributed by atoms with Crippen LogP contribution < -0.4 is 10.7 Å². The van der Waals surface area contributed by atoms with E-state index in [4.69, 9.17) is 20.8 Å². The molecule has 0 aliphatic rings. The third-order valence-electron chi connectivity index (χ3n) is 4.17. The molecule has 0 spiro atoms. The second-order valence-corrected chi connectivity index (χ2v) is 6.77. The van der Waals surface area contributed by atoms with Crippen LogP contribution in [-0.2, 0) is 9.53 Å². The number of hydrogen-bond acceptors (Lipinski definition) is 5. The molecular weight excluding hydrogens is 382 g/mol. The van der Waals surface area contributed by atoms with Crippen molar-refractivity contribution in [2.75, 3.05) is 6.61 Å². The third kappa shape index (κ3) is 4.40. The number of halogens is 1. The van der Waals surface area contributed by atoms with Gasteiger partial charge >= 0.3 is 5.97 Å². The predicted octanol–water partition coefficient (Wildman–Crippen LogP) is 3.79. The van der Waals surface area contributed by atoms with Crippen LogP contribution in [0.1, 0.15) is 34.6 Å². The van der Waals surface area contributed by atoms with E-state index >= 15 is 0 Å². The highest BCUT2D eigenvalue weighted by Crippen LogP contribution is 2.22. The molecule has 7 heteroatoms. The molecule has 1 N–H and O–H groups in total. The normalized spacial score (nSPS) is 11.8. The number of amides is 1. The Balaban J connectivity index is 1.64. The van der Waals surface area contributed by atoms with E-state index in [1.807, 2.05) is 13.0 Å². The average molecular weight is 400 g/mol. The Hall–Kier alpha value is -3.12. The van der Waals surface area contributed by atoms with Crippen molar-refractivity contribution in [1.82, 2.24) is 5.32 Å². The van der Waals surface area contributed by atoms with Crippen molar-refractivity contribution in [2.24, 2.45) is 0 Å². The highest BCUT2D eigenvalue weighted by atomic mass is 35.5. The molecule has 0 aliphatic heterocycles. The number of fused-ring (bicyclic) bond motifs is 1. The molecule has 3 rings (SSSR count). The van der Waals surface area contributed by atoms with Crippen LogP contribution in [0.15, 0.2) is 57.7 Å². The number of aryl methyl sites for hydroxylation is 1. The Labute approximate surface area is 166 Å². The fourth-order valence-electron chi connectivity index (χ4n) is 2.76. The molecule has 1 atom stereocenters. The lowest BCUT2D eigenvalue weighted by molar-refractivity contribution is -0.124. The third-order valence-corrected chi connectivity index (χ3v) is 4.51. The first-order valence-electron chi connectivity index (χ1n) is 8.60. The topological polar surface area (TPSA) is 85.6 Å². The Morgan fingerprint density at radius 3 is 2.68 bits per heavy atom. The van der Waals surface area contributed by atoms with Gasteiger partial charge in [-0.25, -0.2) is 4.79 Å². The van der Waals surface area contributed by atoms with E-state index in [9.17, 15) is 14.4 Å². The number of carbonyl (C=O) groups is 2. The molecule has 1 amide bonds. The largest absolute Gasteiger partial charge is 0.450 e. The van der Waals surface area contributed by atoms with E-state index in [1.165, 1.54) is 0 Å². The summed E-state index contributed by atoms with van der Waals surface area (Å²) in [5, 5.41) is 3.60. The van der Waals surface area contributed by atoms with Crippen molar-refractivity contribution < 1.29 is 18.7 Å². The minimum absolute atomic E-state index is 0.256. The van der Waals surface area contributed by atoms with Gasteiger partial charge in [-0.1, -0.05) is 41.4 Å². The molecular formula is C21H18ClNO5. The summed E-state index contributed by atoms with van der Waals surface area (Å²) >= 11 is 6.10. The number of ether oxygens (including phenoxy) is 1. The second kappa shape index (κ2) is 8.27. The van der Waals surface area contributed by atoms with Gasteiger partial charge in [-0.15, -0.1) is 0 Å². The SMILES string of the molecule is Cc1ccc2oc(C(=O)OCC(=O)N[C@H](C)c3ccccc3Cl)cc(=O)c2c1. The van der Waals surface area contributed by atoms with E-state index in [0.29, 0.717) is 10.4 Å². The summed E-state index contributed by atoms with van der Waals surface area (Å²) in [4.78, 5) is 36.4. The van der Waals surface area contributed by atoms with Crippen molar-refractivity contribution in [1.29, 1.82) is 0 Å². The van der Waals surface area contributed by atoms with Gasteiger partial charge in [-0.2, -0.15) is 0 Å². The molecule has 0 unspecified atom stereocenters. The molecule has 0 saturated carbocycles. The highest BCUT2D eigenvalue weighted by Gasteiger charge is 2.17. The fourth-order valence-corrected chi connectivity index (χ4v) is 3.06. The lowest BCUT2D eigenvalue weighted by atomic mass is 10.1. The molecule has 1 heterocycles. The maximum Gasteiger partial charge on any atom is 0.374 e. The van der Waals surface area contributed by atoms with E-state index in [1.54, 1.807) is 43.3 Å². The quantitative estimate of drug-likeness (QED) is 0.660. The second-order valence-electron chi connectivity index (χ2n) is 6.36. The van der Waals surface area contributed by atoms with Crippen molar-refractivity contribution in [3.05, 3.63) is 80.7 Å². The van der Waals surface area contributed by atoms with Crippen LogP contribution in [0.3, 0.4) is 0 Å². The van der Waals surface area contributed by atoms with E-state index < -0.39 is 18.5 Å². The van der Waals surface area contributed by atoms with Gasteiger partial charge in [0.15, 0.2) is 12.0 Å². The fraction of sp³-hybridized carbons (Fsp3) is 0.190. The predicted molar refractivity (Wildman–Crippen MR) is 106 cm³/mol. The van der Waals surface area contributed by atoms with Gasteiger partial charge in [0.2, 0.25) is 5.76 Å². The van der Waals surface area contributed by atoms with Crippen LogP contribution in [0.25, 0.3) is 11.0 Å². The molecule has 0 saturated heterocycles. The van der Waals surface area contributed by atoms with E-state index in [0.717, 1.165) is 17.2 Å². The molecule has 28 heavy (non-hydrogen) atoms. The zero-order chi connectivity index (χ0) is 20.3. The maximum absolute atomic E-state index is 12.2. The summed E-state index contributed by atoms with van der Waals surface area (Å²) in [6.07, 6.45) is 0. The first kappa shape index (κ1) is 19.6. The van der Waals surface area contributed by atoms with Crippen LogP contribution in [0.2, 0.25) is 5.02 Å². The van der Waals surface area contributed by atoms with Crippen LogP contribution in [0.5, 0.6) is 0 Å². The van der Waals surface area contributed by atoms with Crippen molar-refractivity contribution in [3.63, 3.8) is 0 Å². The molecule has 6 nitrogen and oxygen atoms in total. The van der Waals surface area contributed by atoms with E-state index in [2.05, 4.69) is 5.32 Å². The van der Waals surface area contributed by atoms with Crippen LogP contribution in [0, 0.1) is 6.92 Å². The molecule has 144 valence electrons. The lowest BCUT2D eigenvalue weighted by Gasteiger charge is -2.15. The van der Waals surface area contributed by atoms with Gasteiger partial charge < -0.3 is 14.5 Å².